The van der Waals surface area contributed by atoms with Crippen LogP contribution < -0.4 is 5.32 Å². The standard InChI is InChI=1S/C18H24N4O2S/c1-11(2)10-14-13(6-4-9-24-14)22-17(23)15-12(3)21-18(25-15)16-19-7-5-8-20-16/h5,7-8,11,13-14H,4,6,9-10H2,1-3H3,(H,22,23). The van der Waals surface area contributed by atoms with E-state index in [9.17, 15) is 4.79 Å². The van der Waals surface area contributed by atoms with Crippen molar-refractivity contribution in [3.8, 4) is 10.8 Å². The van der Waals surface area contributed by atoms with Gasteiger partial charge in [0.05, 0.1) is 17.8 Å². The number of ether oxygens (including phenoxy) is 1. The lowest BCUT2D eigenvalue weighted by atomic mass is 9.94. The van der Waals surface area contributed by atoms with Crippen molar-refractivity contribution in [3.63, 3.8) is 0 Å². The van der Waals surface area contributed by atoms with Gasteiger partial charge in [0.15, 0.2) is 10.8 Å². The van der Waals surface area contributed by atoms with Crippen LogP contribution in [0.3, 0.4) is 0 Å². The maximum Gasteiger partial charge on any atom is 0.263 e. The fourth-order valence-electron chi connectivity index (χ4n) is 3.05. The maximum absolute atomic E-state index is 12.8. The Morgan fingerprint density at radius 3 is 2.88 bits per heavy atom. The Kier molecular flexibility index (Phi) is 5.75. The average Bonchev–Trinajstić information content (AvgIpc) is 2.99. The molecular formula is C18H24N4O2S. The zero-order valence-electron chi connectivity index (χ0n) is 14.9. The molecule has 1 aliphatic rings. The molecule has 2 unspecified atom stereocenters. The molecule has 0 bridgehead atoms. The second-order valence-corrected chi connectivity index (χ2v) is 7.77. The van der Waals surface area contributed by atoms with Crippen molar-refractivity contribution < 1.29 is 9.53 Å². The van der Waals surface area contributed by atoms with Crippen LogP contribution in [-0.4, -0.2) is 39.6 Å². The molecule has 2 atom stereocenters. The Hall–Kier alpha value is -1.86. The second-order valence-electron chi connectivity index (χ2n) is 6.77. The minimum Gasteiger partial charge on any atom is -0.376 e. The number of aryl methyl sites for hydroxylation is 1. The molecular weight excluding hydrogens is 336 g/mol. The Balaban J connectivity index is 1.73. The molecule has 0 aromatic carbocycles. The molecule has 0 aliphatic carbocycles. The summed E-state index contributed by atoms with van der Waals surface area (Å²) in [6.45, 7) is 6.98. The number of carbonyl (C=O) groups is 1. The Morgan fingerprint density at radius 2 is 2.16 bits per heavy atom. The van der Waals surface area contributed by atoms with E-state index in [2.05, 4.69) is 34.1 Å². The number of hydrogen-bond donors (Lipinski definition) is 1. The number of amides is 1. The Morgan fingerprint density at radius 1 is 1.40 bits per heavy atom. The number of thiazole rings is 1. The lowest BCUT2D eigenvalue weighted by Gasteiger charge is -2.33. The van der Waals surface area contributed by atoms with Crippen molar-refractivity contribution in [2.45, 2.75) is 52.2 Å². The van der Waals surface area contributed by atoms with Crippen LogP contribution in [0.15, 0.2) is 18.5 Å². The van der Waals surface area contributed by atoms with Crippen LogP contribution in [0.2, 0.25) is 0 Å². The molecule has 2 aromatic heterocycles. The van der Waals surface area contributed by atoms with E-state index in [0.717, 1.165) is 25.9 Å². The number of aromatic nitrogens is 3. The van der Waals surface area contributed by atoms with Gasteiger partial charge in [-0.1, -0.05) is 13.8 Å². The molecule has 1 aliphatic heterocycles. The van der Waals surface area contributed by atoms with Gasteiger partial charge in [0.2, 0.25) is 0 Å². The molecule has 1 amide bonds. The van der Waals surface area contributed by atoms with Crippen molar-refractivity contribution in [3.05, 3.63) is 29.0 Å². The molecule has 0 saturated carbocycles. The molecule has 134 valence electrons. The summed E-state index contributed by atoms with van der Waals surface area (Å²) in [5.74, 6) is 1.00. The summed E-state index contributed by atoms with van der Waals surface area (Å²) in [6.07, 6.45) is 6.32. The Bertz CT molecular complexity index is 717. The van der Waals surface area contributed by atoms with E-state index >= 15 is 0 Å². The summed E-state index contributed by atoms with van der Waals surface area (Å²) in [4.78, 5) is 26.3. The molecule has 1 N–H and O–H groups in total. The molecule has 7 heteroatoms. The van der Waals surface area contributed by atoms with Crippen molar-refractivity contribution in [2.75, 3.05) is 6.61 Å². The van der Waals surface area contributed by atoms with E-state index in [1.807, 2.05) is 6.92 Å². The molecule has 1 saturated heterocycles. The number of carbonyl (C=O) groups excluding carboxylic acids is 1. The summed E-state index contributed by atoms with van der Waals surface area (Å²) in [6, 6.07) is 1.82. The van der Waals surface area contributed by atoms with Crippen LogP contribution in [-0.2, 0) is 4.74 Å². The van der Waals surface area contributed by atoms with Gasteiger partial charge in [0.25, 0.3) is 5.91 Å². The first-order valence-corrected chi connectivity index (χ1v) is 9.53. The van der Waals surface area contributed by atoms with Crippen LogP contribution in [0.25, 0.3) is 10.8 Å². The van der Waals surface area contributed by atoms with Crippen LogP contribution in [0.1, 0.15) is 48.5 Å². The van der Waals surface area contributed by atoms with Gasteiger partial charge in [-0.05, 0) is 38.2 Å². The molecule has 3 rings (SSSR count). The predicted molar refractivity (Wildman–Crippen MR) is 97.6 cm³/mol. The van der Waals surface area contributed by atoms with Gasteiger partial charge in [-0.3, -0.25) is 4.79 Å². The van der Waals surface area contributed by atoms with Gasteiger partial charge in [0, 0.05) is 19.0 Å². The summed E-state index contributed by atoms with van der Waals surface area (Å²) < 4.78 is 5.90. The number of nitrogens with zero attached hydrogens (tertiary/aromatic N) is 3. The van der Waals surface area contributed by atoms with E-state index in [1.54, 1.807) is 18.5 Å². The summed E-state index contributed by atoms with van der Waals surface area (Å²) in [7, 11) is 0. The largest absolute Gasteiger partial charge is 0.376 e. The lowest BCUT2D eigenvalue weighted by Crippen LogP contribution is -2.47. The van der Waals surface area contributed by atoms with E-state index in [-0.39, 0.29) is 18.1 Å². The maximum atomic E-state index is 12.8. The third-order valence-corrected chi connectivity index (χ3v) is 5.37. The zero-order chi connectivity index (χ0) is 17.8. The third kappa shape index (κ3) is 4.41. The van der Waals surface area contributed by atoms with Gasteiger partial charge in [0.1, 0.15) is 4.88 Å². The normalized spacial score (nSPS) is 20.6. The highest BCUT2D eigenvalue weighted by Gasteiger charge is 2.29. The Labute approximate surface area is 152 Å². The van der Waals surface area contributed by atoms with Crippen LogP contribution in [0.4, 0.5) is 0 Å². The van der Waals surface area contributed by atoms with Crippen molar-refractivity contribution in [1.82, 2.24) is 20.3 Å². The predicted octanol–water partition coefficient (Wildman–Crippen LogP) is 3.23. The summed E-state index contributed by atoms with van der Waals surface area (Å²) in [5, 5.41) is 3.83. The first kappa shape index (κ1) is 17.9. The van der Waals surface area contributed by atoms with Crippen molar-refractivity contribution >= 4 is 17.2 Å². The van der Waals surface area contributed by atoms with E-state index in [4.69, 9.17) is 4.74 Å². The molecule has 6 nitrogen and oxygen atoms in total. The lowest BCUT2D eigenvalue weighted by molar-refractivity contribution is -0.0186. The highest BCUT2D eigenvalue weighted by Crippen LogP contribution is 2.26. The van der Waals surface area contributed by atoms with Gasteiger partial charge in [-0.15, -0.1) is 11.3 Å². The summed E-state index contributed by atoms with van der Waals surface area (Å²) in [5.41, 5.74) is 0.710. The van der Waals surface area contributed by atoms with Crippen LogP contribution in [0.5, 0.6) is 0 Å². The molecule has 2 aromatic rings. The quantitative estimate of drug-likeness (QED) is 0.886. The zero-order valence-corrected chi connectivity index (χ0v) is 15.7. The second kappa shape index (κ2) is 8.01. The molecule has 1 fully saturated rings. The van der Waals surface area contributed by atoms with Gasteiger partial charge >= 0.3 is 0 Å². The van der Waals surface area contributed by atoms with Crippen molar-refractivity contribution in [2.24, 2.45) is 5.92 Å². The third-order valence-electron chi connectivity index (χ3n) is 4.22. The van der Waals surface area contributed by atoms with E-state index < -0.39 is 0 Å². The van der Waals surface area contributed by atoms with Crippen molar-refractivity contribution in [1.29, 1.82) is 0 Å². The average molecular weight is 360 g/mol. The smallest absolute Gasteiger partial charge is 0.263 e. The first-order valence-electron chi connectivity index (χ1n) is 8.72. The van der Waals surface area contributed by atoms with Gasteiger partial charge in [-0.2, -0.15) is 0 Å². The number of nitrogens with one attached hydrogen (secondary N) is 1. The summed E-state index contributed by atoms with van der Waals surface area (Å²) >= 11 is 1.34. The monoisotopic (exact) mass is 360 g/mol. The molecule has 25 heavy (non-hydrogen) atoms. The van der Waals surface area contributed by atoms with Crippen LogP contribution >= 0.6 is 11.3 Å². The SMILES string of the molecule is Cc1nc(-c2ncccn2)sc1C(=O)NC1CCCOC1CC(C)C. The van der Waals surface area contributed by atoms with Gasteiger partial charge in [-0.25, -0.2) is 15.0 Å². The number of rotatable bonds is 5. The van der Waals surface area contributed by atoms with E-state index in [1.165, 1.54) is 11.3 Å². The van der Waals surface area contributed by atoms with E-state index in [0.29, 0.717) is 27.3 Å². The minimum absolute atomic E-state index is 0.0570. The molecule has 0 radical (unpaired) electrons. The fraction of sp³-hybridized carbons (Fsp3) is 0.556. The van der Waals surface area contributed by atoms with Gasteiger partial charge < -0.3 is 10.1 Å². The molecule has 3 heterocycles. The van der Waals surface area contributed by atoms with Crippen LogP contribution in [0, 0.1) is 12.8 Å². The topological polar surface area (TPSA) is 77.0 Å². The molecule has 0 spiro atoms. The highest BCUT2D eigenvalue weighted by atomic mass is 32.1. The minimum atomic E-state index is -0.0820. The first-order chi connectivity index (χ1) is 12.0. The highest BCUT2D eigenvalue weighted by molar-refractivity contribution is 7.17. The number of hydrogen-bond acceptors (Lipinski definition) is 6. The fourth-order valence-corrected chi connectivity index (χ4v) is 3.97.